The molecule has 9 heteroatoms. The van der Waals surface area contributed by atoms with E-state index in [4.69, 9.17) is 13.9 Å². The SMILES string of the molecule is C[C@@H](Cc1ccc(C(F)(F)COc2ccccc2)cc1)NC[C@H](O[Si](C)(C)C(C)(C)C)c1ccc(OCc2ccccc2)c2[nH]c(=O)ccc12. The van der Waals surface area contributed by atoms with E-state index in [9.17, 15) is 13.6 Å². The van der Waals surface area contributed by atoms with Crippen molar-refractivity contribution in [1.29, 1.82) is 0 Å². The van der Waals surface area contributed by atoms with Crippen LogP contribution in [0.5, 0.6) is 11.5 Å². The maximum Gasteiger partial charge on any atom is 0.306 e. The third kappa shape index (κ3) is 9.47. The van der Waals surface area contributed by atoms with E-state index in [1.807, 2.05) is 54.6 Å². The van der Waals surface area contributed by atoms with Crippen molar-refractivity contribution in [2.75, 3.05) is 13.2 Å². The van der Waals surface area contributed by atoms with E-state index in [1.54, 1.807) is 36.4 Å². The Bertz CT molecular complexity index is 1890. The Morgan fingerprint density at radius 3 is 2.12 bits per heavy atom. The van der Waals surface area contributed by atoms with Gasteiger partial charge in [-0.25, -0.2) is 0 Å². The highest BCUT2D eigenvalue weighted by atomic mass is 28.4. The molecule has 0 radical (unpaired) electrons. The molecule has 0 amide bonds. The number of H-pyrrole nitrogens is 1. The molecule has 4 aromatic carbocycles. The standard InChI is InChI=1S/C41H48F2N2O4Si/c1-29(25-30-17-19-32(20-18-30)41(42,43)28-48-33-15-11-8-12-16-33)44-26-37(49-50(5,6)40(2,3)4)34-21-23-36(39-35(34)22-24-38(46)45-39)47-27-31-13-9-7-10-14-31/h7-24,29,37,44H,25-28H2,1-6H3,(H,45,46)/t29-,37-/m0/s1. The van der Waals surface area contributed by atoms with E-state index >= 15 is 0 Å². The highest BCUT2D eigenvalue weighted by molar-refractivity contribution is 6.74. The van der Waals surface area contributed by atoms with Gasteiger partial charge >= 0.3 is 5.92 Å². The van der Waals surface area contributed by atoms with Crippen molar-refractivity contribution in [3.63, 3.8) is 0 Å². The van der Waals surface area contributed by atoms with Crippen LogP contribution in [0.15, 0.2) is 114 Å². The molecule has 1 heterocycles. The van der Waals surface area contributed by atoms with Gasteiger partial charge in [-0.05, 0) is 72.4 Å². The van der Waals surface area contributed by atoms with Crippen LogP contribution in [0.2, 0.25) is 18.1 Å². The molecular formula is C41H48F2N2O4Si. The van der Waals surface area contributed by atoms with Crippen LogP contribution < -0.4 is 20.3 Å². The summed E-state index contributed by atoms with van der Waals surface area (Å²) in [6.45, 7) is 13.3. The summed E-state index contributed by atoms with van der Waals surface area (Å²) in [5, 5.41) is 4.48. The number of rotatable bonds is 15. The molecule has 0 unspecified atom stereocenters. The second-order valence-corrected chi connectivity index (χ2v) is 19.2. The molecule has 2 atom stereocenters. The second kappa shape index (κ2) is 15.7. The number of halogens is 2. The van der Waals surface area contributed by atoms with E-state index in [0.29, 0.717) is 36.6 Å². The highest BCUT2D eigenvalue weighted by Crippen LogP contribution is 2.41. The summed E-state index contributed by atoms with van der Waals surface area (Å²) >= 11 is 0. The largest absolute Gasteiger partial charge is 0.487 e. The number of hydrogen-bond acceptors (Lipinski definition) is 5. The van der Waals surface area contributed by atoms with Crippen LogP contribution in [0.3, 0.4) is 0 Å². The number of hydrogen-bond donors (Lipinski definition) is 2. The van der Waals surface area contributed by atoms with Crippen LogP contribution in [-0.2, 0) is 23.4 Å². The molecule has 2 N–H and O–H groups in total. The van der Waals surface area contributed by atoms with Gasteiger partial charge in [0.25, 0.3) is 0 Å². The Morgan fingerprint density at radius 1 is 0.800 bits per heavy atom. The van der Waals surface area contributed by atoms with Crippen molar-refractivity contribution in [2.24, 2.45) is 0 Å². The number of pyridine rings is 1. The molecule has 0 aliphatic rings. The van der Waals surface area contributed by atoms with Gasteiger partial charge < -0.3 is 24.2 Å². The molecule has 5 rings (SSSR count). The van der Waals surface area contributed by atoms with Gasteiger partial charge in [-0.1, -0.05) is 99.6 Å². The van der Waals surface area contributed by atoms with Gasteiger partial charge in [0, 0.05) is 29.6 Å². The van der Waals surface area contributed by atoms with Gasteiger partial charge in [0.1, 0.15) is 18.1 Å². The van der Waals surface area contributed by atoms with Crippen LogP contribution in [0, 0.1) is 0 Å². The summed E-state index contributed by atoms with van der Waals surface area (Å²) in [5.41, 5.74) is 3.27. The Kier molecular flexibility index (Phi) is 11.6. The lowest BCUT2D eigenvalue weighted by atomic mass is 10.0. The predicted molar refractivity (Wildman–Crippen MR) is 200 cm³/mol. The molecular weight excluding hydrogens is 651 g/mol. The average molecular weight is 699 g/mol. The van der Waals surface area contributed by atoms with E-state index in [2.05, 4.69) is 51.1 Å². The average Bonchev–Trinajstić information content (AvgIpc) is 3.09. The summed E-state index contributed by atoms with van der Waals surface area (Å²) in [6, 6.07) is 32.3. The van der Waals surface area contributed by atoms with Gasteiger partial charge in [-0.15, -0.1) is 0 Å². The fourth-order valence-corrected chi connectivity index (χ4v) is 6.80. The summed E-state index contributed by atoms with van der Waals surface area (Å²) in [4.78, 5) is 15.5. The summed E-state index contributed by atoms with van der Waals surface area (Å²) in [7, 11) is -2.25. The predicted octanol–water partition coefficient (Wildman–Crippen LogP) is 9.56. The van der Waals surface area contributed by atoms with Crippen LogP contribution in [0.25, 0.3) is 10.9 Å². The zero-order chi connectivity index (χ0) is 35.9. The first-order valence-corrected chi connectivity index (χ1v) is 20.0. The molecule has 50 heavy (non-hydrogen) atoms. The maximum absolute atomic E-state index is 14.9. The summed E-state index contributed by atoms with van der Waals surface area (Å²) < 4.78 is 48.5. The highest BCUT2D eigenvalue weighted by Gasteiger charge is 2.40. The minimum atomic E-state index is -3.12. The Morgan fingerprint density at radius 2 is 1.46 bits per heavy atom. The number of alkyl halides is 2. The van der Waals surface area contributed by atoms with Crippen molar-refractivity contribution in [2.45, 2.75) is 76.9 Å². The maximum atomic E-state index is 14.9. The number of ether oxygens (including phenoxy) is 2. The summed E-state index contributed by atoms with van der Waals surface area (Å²) in [6.07, 6.45) is 0.320. The number of para-hydroxylation sites is 1. The number of benzene rings is 4. The fraction of sp³-hybridized carbons (Fsp3) is 0.341. The minimum Gasteiger partial charge on any atom is -0.487 e. The van der Waals surface area contributed by atoms with Crippen molar-refractivity contribution in [1.82, 2.24) is 10.3 Å². The van der Waals surface area contributed by atoms with Gasteiger partial charge in [-0.2, -0.15) is 8.78 Å². The molecule has 0 spiro atoms. The quantitative estimate of drug-likeness (QED) is 0.107. The van der Waals surface area contributed by atoms with E-state index in [0.717, 1.165) is 22.1 Å². The molecule has 0 fully saturated rings. The second-order valence-electron chi connectivity index (χ2n) is 14.4. The zero-order valence-corrected chi connectivity index (χ0v) is 30.8. The molecule has 0 bridgehead atoms. The first-order valence-electron chi connectivity index (χ1n) is 17.1. The lowest BCUT2D eigenvalue weighted by Gasteiger charge is -2.40. The summed E-state index contributed by atoms with van der Waals surface area (Å²) in [5.74, 6) is -2.12. The first-order chi connectivity index (χ1) is 23.7. The molecule has 0 aliphatic carbocycles. The molecule has 5 aromatic rings. The van der Waals surface area contributed by atoms with Crippen molar-refractivity contribution in [3.05, 3.63) is 142 Å². The number of aromatic nitrogens is 1. The number of nitrogens with one attached hydrogen (secondary N) is 2. The van der Waals surface area contributed by atoms with Crippen LogP contribution >= 0.6 is 0 Å². The molecule has 0 saturated heterocycles. The lowest BCUT2D eigenvalue weighted by Crippen LogP contribution is -2.44. The van der Waals surface area contributed by atoms with E-state index in [-0.39, 0.29) is 28.3 Å². The molecule has 1 aromatic heterocycles. The van der Waals surface area contributed by atoms with Gasteiger partial charge in [0.05, 0.1) is 11.6 Å². The Labute approximate surface area is 295 Å². The normalized spacial score (nSPS) is 13.6. The van der Waals surface area contributed by atoms with Crippen molar-refractivity contribution >= 4 is 19.2 Å². The topological polar surface area (TPSA) is 72.6 Å². The zero-order valence-electron chi connectivity index (χ0n) is 29.8. The van der Waals surface area contributed by atoms with Crippen LogP contribution in [0.1, 0.15) is 56.1 Å². The molecule has 6 nitrogen and oxygen atoms in total. The molecule has 264 valence electrons. The van der Waals surface area contributed by atoms with Crippen molar-refractivity contribution in [3.8, 4) is 11.5 Å². The number of fused-ring (bicyclic) bond motifs is 1. The van der Waals surface area contributed by atoms with Gasteiger partial charge in [0.15, 0.2) is 14.9 Å². The lowest BCUT2D eigenvalue weighted by molar-refractivity contribution is -0.0467. The molecule has 0 aliphatic heterocycles. The van der Waals surface area contributed by atoms with Crippen LogP contribution in [0.4, 0.5) is 8.78 Å². The van der Waals surface area contributed by atoms with E-state index in [1.165, 1.54) is 18.2 Å². The Balaban J connectivity index is 1.32. The fourth-order valence-electron chi connectivity index (χ4n) is 5.52. The number of aromatic amines is 1. The van der Waals surface area contributed by atoms with Gasteiger partial charge in [0.2, 0.25) is 5.56 Å². The van der Waals surface area contributed by atoms with E-state index < -0.39 is 20.8 Å². The van der Waals surface area contributed by atoms with Crippen molar-refractivity contribution < 1.29 is 22.7 Å². The smallest absolute Gasteiger partial charge is 0.306 e. The minimum absolute atomic E-state index is 0.0211. The first kappa shape index (κ1) is 37.0. The third-order valence-corrected chi connectivity index (χ3v) is 13.9. The monoisotopic (exact) mass is 698 g/mol. The van der Waals surface area contributed by atoms with Crippen LogP contribution in [-0.4, -0.2) is 32.5 Å². The third-order valence-electron chi connectivity index (χ3n) is 9.45. The Hall–Kier alpha value is -4.31. The molecule has 0 saturated carbocycles. The van der Waals surface area contributed by atoms with Gasteiger partial charge in [-0.3, -0.25) is 4.79 Å².